The van der Waals surface area contributed by atoms with Crippen LogP contribution < -0.4 is 4.74 Å². The molecule has 1 aromatic rings. The molecule has 7 heteroatoms. The van der Waals surface area contributed by atoms with E-state index in [0.717, 1.165) is 25.7 Å². The predicted molar refractivity (Wildman–Crippen MR) is 88.4 cm³/mol. The molecule has 1 saturated heterocycles. The zero-order valence-corrected chi connectivity index (χ0v) is 14.3. The molecule has 1 saturated carbocycles. The first-order chi connectivity index (χ1) is 11.5. The monoisotopic (exact) mass is 352 g/mol. The standard InChI is InChI=1S/C17H21ClN2O4/c1-2-24-15-12(18)7-11(9-19-15)16(21)20-13-6-4-3-5-10(13)8-14(20)17(22)23/h7,9-10,13-14H,2-6,8H2,1H3,(H,22,23). The largest absolute Gasteiger partial charge is 0.480 e. The van der Waals surface area contributed by atoms with E-state index in [0.29, 0.717) is 18.6 Å². The molecule has 1 N–H and O–H groups in total. The van der Waals surface area contributed by atoms with Gasteiger partial charge in [0.2, 0.25) is 5.88 Å². The van der Waals surface area contributed by atoms with Crippen LogP contribution in [0.3, 0.4) is 0 Å². The molecule has 2 heterocycles. The van der Waals surface area contributed by atoms with Crippen LogP contribution in [0.5, 0.6) is 5.88 Å². The van der Waals surface area contributed by atoms with Gasteiger partial charge in [0.1, 0.15) is 11.1 Å². The summed E-state index contributed by atoms with van der Waals surface area (Å²) in [5.74, 6) is -0.700. The van der Waals surface area contributed by atoms with Gasteiger partial charge in [-0.15, -0.1) is 0 Å². The highest BCUT2D eigenvalue weighted by atomic mass is 35.5. The third-order valence-electron chi connectivity index (χ3n) is 4.94. The molecular weight excluding hydrogens is 332 g/mol. The lowest BCUT2D eigenvalue weighted by atomic mass is 9.84. The molecule has 0 aromatic carbocycles. The highest BCUT2D eigenvalue weighted by Crippen LogP contribution is 2.40. The van der Waals surface area contributed by atoms with Crippen LogP contribution in [-0.2, 0) is 4.79 Å². The molecule has 0 radical (unpaired) electrons. The van der Waals surface area contributed by atoms with E-state index in [1.165, 1.54) is 12.3 Å². The maximum absolute atomic E-state index is 13.0. The molecule has 0 bridgehead atoms. The average Bonchev–Trinajstić information content (AvgIpc) is 2.96. The Hall–Kier alpha value is -1.82. The van der Waals surface area contributed by atoms with Crippen LogP contribution in [0.15, 0.2) is 12.3 Å². The average molecular weight is 353 g/mol. The second-order valence-corrected chi connectivity index (χ2v) is 6.77. The van der Waals surface area contributed by atoms with Crippen LogP contribution in [0.4, 0.5) is 0 Å². The zero-order chi connectivity index (χ0) is 17.3. The summed E-state index contributed by atoms with van der Waals surface area (Å²) in [5, 5.41) is 9.80. The van der Waals surface area contributed by atoms with E-state index in [1.54, 1.807) is 4.90 Å². The number of likely N-dealkylation sites (tertiary alicyclic amines) is 1. The third kappa shape index (κ3) is 3.07. The molecule has 3 rings (SSSR count). The van der Waals surface area contributed by atoms with Crippen molar-refractivity contribution in [3.63, 3.8) is 0 Å². The Morgan fingerprint density at radius 2 is 2.17 bits per heavy atom. The summed E-state index contributed by atoms with van der Waals surface area (Å²) in [7, 11) is 0. The molecule has 1 aromatic heterocycles. The first kappa shape index (κ1) is 17.0. The zero-order valence-electron chi connectivity index (χ0n) is 13.6. The minimum Gasteiger partial charge on any atom is -0.480 e. The van der Waals surface area contributed by atoms with Crippen LogP contribution in [0.25, 0.3) is 0 Å². The number of nitrogens with zero attached hydrogens (tertiary/aromatic N) is 2. The molecule has 6 nitrogen and oxygen atoms in total. The highest BCUT2D eigenvalue weighted by Gasteiger charge is 2.47. The van der Waals surface area contributed by atoms with Gasteiger partial charge in [-0.25, -0.2) is 9.78 Å². The summed E-state index contributed by atoms with van der Waals surface area (Å²) in [6, 6.07) is 0.741. The Bertz CT molecular complexity index is 651. The first-order valence-corrected chi connectivity index (χ1v) is 8.74. The fraction of sp³-hybridized carbons (Fsp3) is 0.588. The van der Waals surface area contributed by atoms with Gasteiger partial charge in [-0.05, 0) is 38.2 Å². The quantitative estimate of drug-likeness (QED) is 0.901. The number of carbonyl (C=O) groups is 2. The molecule has 1 aliphatic heterocycles. The molecule has 0 spiro atoms. The number of hydrogen-bond acceptors (Lipinski definition) is 4. The molecule has 2 aliphatic rings. The third-order valence-corrected chi connectivity index (χ3v) is 5.21. The minimum absolute atomic E-state index is 0.00214. The summed E-state index contributed by atoms with van der Waals surface area (Å²) in [6.07, 6.45) is 5.92. The van der Waals surface area contributed by atoms with Gasteiger partial charge in [0.05, 0.1) is 12.2 Å². The number of aliphatic carboxylic acids is 1. The lowest BCUT2D eigenvalue weighted by Crippen LogP contribution is -2.46. The summed E-state index contributed by atoms with van der Waals surface area (Å²) >= 11 is 6.12. The molecule has 1 amide bonds. The van der Waals surface area contributed by atoms with E-state index >= 15 is 0 Å². The maximum atomic E-state index is 13.0. The molecule has 130 valence electrons. The number of ether oxygens (including phenoxy) is 1. The van der Waals surface area contributed by atoms with E-state index < -0.39 is 12.0 Å². The van der Waals surface area contributed by atoms with Crippen molar-refractivity contribution < 1.29 is 19.4 Å². The molecule has 3 unspecified atom stereocenters. The number of fused-ring (bicyclic) bond motifs is 1. The molecule has 1 aliphatic carbocycles. The van der Waals surface area contributed by atoms with E-state index in [4.69, 9.17) is 16.3 Å². The Kier molecular flexibility index (Phi) is 4.94. The maximum Gasteiger partial charge on any atom is 0.326 e. The number of rotatable bonds is 4. The number of carboxylic acid groups (broad SMARTS) is 1. The van der Waals surface area contributed by atoms with E-state index in [9.17, 15) is 14.7 Å². The summed E-state index contributed by atoms with van der Waals surface area (Å²) in [5.41, 5.74) is 0.306. The summed E-state index contributed by atoms with van der Waals surface area (Å²) < 4.78 is 5.28. The van der Waals surface area contributed by atoms with Crippen molar-refractivity contribution in [2.24, 2.45) is 5.92 Å². The topological polar surface area (TPSA) is 79.7 Å². The van der Waals surface area contributed by atoms with Crippen LogP contribution in [-0.4, -0.2) is 45.6 Å². The minimum atomic E-state index is -0.942. The Balaban J connectivity index is 1.89. The highest BCUT2D eigenvalue weighted by molar-refractivity contribution is 6.32. The number of aromatic nitrogens is 1. The molecular formula is C17H21ClN2O4. The number of carbonyl (C=O) groups excluding carboxylic acids is 1. The van der Waals surface area contributed by atoms with Gasteiger partial charge in [0.15, 0.2) is 0 Å². The van der Waals surface area contributed by atoms with Crippen molar-refractivity contribution in [3.05, 3.63) is 22.8 Å². The molecule has 3 atom stereocenters. The van der Waals surface area contributed by atoms with Crippen molar-refractivity contribution in [2.75, 3.05) is 6.61 Å². The number of halogens is 1. The normalized spacial score (nSPS) is 26.1. The van der Waals surface area contributed by atoms with Crippen molar-refractivity contribution >= 4 is 23.5 Å². The van der Waals surface area contributed by atoms with E-state index in [-0.39, 0.29) is 28.8 Å². The number of pyridine rings is 1. The van der Waals surface area contributed by atoms with Crippen LogP contribution >= 0.6 is 11.6 Å². The Morgan fingerprint density at radius 1 is 1.42 bits per heavy atom. The predicted octanol–water partition coefficient (Wildman–Crippen LogP) is 2.99. The van der Waals surface area contributed by atoms with Crippen molar-refractivity contribution in [1.29, 1.82) is 0 Å². The van der Waals surface area contributed by atoms with Gasteiger partial charge < -0.3 is 14.7 Å². The summed E-state index contributed by atoms with van der Waals surface area (Å²) in [6.45, 7) is 2.25. The van der Waals surface area contributed by atoms with Gasteiger partial charge in [-0.2, -0.15) is 0 Å². The Labute approximate surface area is 145 Å². The molecule has 24 heavy (non-hydrogen) atoms. The van der Waals surface area contributed by atoms with Crippen molar-refractivity contribution in [2.45, 2.75) is 51.1 Å². The van der Waals surface area contributed by atoms with Crippen LogP contribution in [0.2, 0.25) is 5.02 Å². The lowest BCUT2D eigenvalue weighted by molar-refractivity contribution is -0.141. The number of hydrogen-bond donors (Lipinski definition) is 1. The van der Waals surface area contributed by atoms with Crippen molar-refractivity contribution in [1.82, 2.24) is 9.88 Å². The fourth-order valence-electron chi connectivity index (χ4n) is 3.91. The van der Waals surface area contributed by atoms with E-state index in [2.05, 4.69) is 4.98 Å². The van der Waals surface area contributed by atoms with Crippen LogP contribution in [0, 0.1) is 5.92 Å². The van der Waals surface area contributed by atoms with Gasteiger partial charge in [-0.1, -0.05) is 24.4 Å². The van der Waals surface area contributed by atoms with Gasteiger partial charge in [0.25, 0.3) is 5.91 Å². The number of amides is 1. The Morgan fingerprint density at radius 3 is 2.83 bits per heavy atom. The lowest BCUT2D eigenvalue weighted by Gasteiger charge is -2.33. The smallest absolute Gasteiger partial charge is 0.326 e. The van der Waals surface area contributed by atoms with Gasteiger partial charge in [-0.3, -0.25) is 4.79 Å². The second kappa shape index (κ2) is 6.97. The first-order valence-electron chi connectivity index (χ1n) is 8.36. The van der Waals surface area contributed by atoms with E-state index in [1.807, 2.05) is 6.92 Å². The van der Waals surface area contributed by atoms with Crippen molar-refractivity contribution in [3.8, 4) is 5.88 Å². The SMILES string of the molecule is CCOc1ncc(C(=O)N2C(C(=O)O)CC3CCCCC32)cc1Cl. The second-order valence-electron chi connectivity index (χ2n) is 6.36. The van der Waals surface area contributed by atoms with Gasteiger partial charge in [0, 0.05) is 12.2 Å². The fourth-order valence-corrected chi connectivity index (χ4v) is 4.13. The van der Waals surface area contributed by atoms with Gasteiger partial charge >= 0.3 is 5.97 Å². The number of carboxylic acids is 1. The molecule has 2 fully saturated rings. The summed E-state index contributed by atoms with van der Waals surface area (Å²) in [4.78, 5) is 30.2. The van der Waals surface area contributed by atoms with Crippen LogP contribution in [0.1, 0.15) is 49.4 Å².